The lowest BCUT2D eigenvalue weighted by Crippen LogP contribution is -2.08. The number of hydrogen-bond donors (Lipinski definition) is 1. The molecular formula is C17H17N3O. The van der Waals surface area contributed by atoms with Crippen molar-refractivity contribution in [3.63, 3.8) is 0 Å². The first-order valence-electron chi connectivity index (χ1n) is 7.35. The van der Waals surface area contributed by atoms with E-state index < -0.39 is 0 Å². The van der Waals surface area contributed by atoms with E-state index in [4.69, 9.17) is 4.52 Å². The first-order valence-corrected chi connectivity index (χ1v) is 7.35. The summed E-state index contributed by atoms with van der Waals surface area (Å²) >= 11 is 0. The molecule has 3 aromatic rings. The van der Waals surface area contributed by atoms with Gasteiger partial charge in [0.2, 0.25) is 11.7 Å². The molecule has 1 N–H and O–H groups in total. The van der Waals surface area contributed by atoms with E-state index in [1.165, 1.54) is 10.8 Å². The quantitative estimate of drug-likeness (QED) is 0.782. The average molecular weight is 279 g/mol. The topological polar surface area (TPSA) is 51.0 Å². The van der Waals surface area contributed by atoms with Crippen LogP contribution in [-0.2, 0) is 0 Å². The first-order chi connectivity index (χ1) is 10.3. The van der Waals surface area contributed by atoms with E-state index in [1.54, 1.807) is 0 Å². The Balaban J connectivity index is 1.70. The molecule has 1 aromatic heterocycles. The maximum atomic E-state index is 5.48. The summed E-state index contributed by atoms with van der Waals surface area (Å²) in [5.41, 5.74) is 1.00. The van der Waals surface area contributed by atoms with Crippen LogP contribution < -0.4 is 5.32 Å². The van der Waals surface area contributed by atoms with Gasteiger partial charge in [-0.05, 0) is 29.3 Å². The molecule has 0 aliphatic carbocycles. The molecule has 0 bridgehead atoms. The molecule has 106 valence electrons. The highest BCUT2D eigenvalue weighted by atomic mass is 16.5. The van der Waals surface area contributed by atoms with Gasteiger partial charge in [-0.25, -0.2) is 0 Å². The predicted octanol–water partition coefficient (Wildman–Crippen LogP) is 3.21. The normalized spacial score (nSPS) is 22.0. The molecule has 0 amide bonds. The SMILES string of the molecule is C[C@@H]1CNC[C@H]1c1nc(-c2ccc3ccccc3c2)no1. The van der Waals surface area contributed by atoms with Gasteiger partial charge in [0.1, 0.15) is 0 Å². The van der Waals surface area contributed by atoms with Gasteiger partial charge in [-0.1, -0.05) is 48.5 Å². The van der Waals surface area contributed by atoms with Gasteiger partial charge in [-0.3, -0.25) is 0 Å². The second-order valence-electron chi connectivity index (χ2n) is 5.76. The summed E-state index contributed by atoms with van der Waals surface area (Å²) in [6.45, 7) is 4.14. The largest absolute Gasteiger partial charge is 0.339 e. The molecule has 0 radical (unpaired) electrons. The van der Waals surface area contributed by atoms with E-state index >= 15 is 0 Å². The Labute approximate surface area is 123 Å². The molecule has 21 heavy (non-hydrogen) atoms. The van der Waals surface area contributed by atoms with Crippen LogP contribution in [0.1, 0.15) is 18.7 Å². The summed E-state index contributed by atoms with van der Waals surface area (Å²) in [4.78, 5) is 4.60. The lowest BCUT2D eigenvalue weighted by molar-refractivity contribution is 0.340. The summed E-state index contributed by atoms with van der Waals surface area (Å²) in [6, 6.07) is 14.5. The van der Waals surface area contributed by atoms with Crippen molar-refractivity contribution in [3.05, 3.63) is 48.4 Å². The maximum absolute atomic E-state index is 5.48. The van der Waals surface area contributed by atoms with Crippen LogP contribution in [0.15, 0.2) is 47.0 Å². The molecule has 4 heteroatoms. The summed E-state index contributed by atoms with van der Waals surface area (Å²) in [5.74, 6) is 2.28. The molecule has 1 fully saturated rings. The first kappa shape index (κ1) is 12.5. The van der Waals surface area contributed by atoms with Crippen LogP contribution in [0.25, 0.3) is 22.2 Å². The fourth-order valence-electron chi connectivity index (χ4n) is 2.97. The van der Waals surface area contributed by atoms with Gasteiger partial charge in [-0.15, -0.1) is 0 Å². The van der Waals surface area contributed by atoms with Gasteiger partial charge >= 0.3 is 0 Å². The smallest absolute Gasteiger partial charge is 0.231 e. The Morgan fingerprint density at radius 1 is 1.10 bits per heavy atom. The molecule has 4 nitrogen and oxygen atoms in total. The average Bonchev–Trinajstić information content (AvgIpc) is 3.15. The van der Waals surface area contributed by atoms with Crippen LogP contribution in [0.4, 0.5) is 0 Å². The van der Waals surface area contributed by atoms with Crippen molar-refractivity contribution >= 4 is 10.8 Å². The van der Waals surface area contributed by atoms with E-state index in [-0.39, 0.29) is 0 Å². The molecule has 2 heterocycles. The molecule has 2 atom stereocenters. The highest BCUT2D eigenvalue weighted by Gasteiger charge is 2.29. The number of nitrogens with one attached hydrogen (secondary N) is 1. The van der Waals surface area contributed by atoms with E-state index in [2.05, 4.69) is 46.6 Å². The Morgan fingerprint density at radius 3 is 2.76 bits per heavy atom. The number of fused-ring (bicyclic) bond motifs is 1. The monoisotopic (exact) mass is 279 g/mol. The summed E-state index contributed by atoms with van der Waals surface area (Å²) in [5, 5.41) is 9.94. The van der Waals surface area contributed by atoms with E-state index in [9.17, 15) is 0 Å². The zero-order chi connectivity index (χ0) is 14.2. The number of rotatable bonds is 2. The third-order valence-corrected chi connectivity index (χ3v) is 4.28. The Morgan fingerprint density at radius 2 is 1.95 bits per heavy atom. The van der Waals surface area contributed by atoms with Crippen molar-refractivity contribution in [2.75, 3.05) is 13.1 Å². The van der Waals surface area contributed by atoms with Crippen molar-refractivity contribution in [1.29, 1.82) is 0 Å². The van der Waals surface area contributed by atoms with Gasteiger partial charge in [-0.2, -0.15) is 4.98 Å². The molecule has 2 aromatic carbocycles. The number of benzene rings is 2. The highest BCUT2D eigenvalue weighted by molar-refractivity contribution is 5.86. The van der Waals surface area contributed by atoms with Crippen LogP contribution >= 0.6 is 0 Å². The molecular weight excluding hydrogens is 262 g/mol. The van der Waals surface area contributed by atoms with Crippen LogP contribution in [-0.4, -0.2) is 23.2 Å². The van der Waals surface area contributed by atoms with Crippen molar-refractivity contribution < 1.29 is 4.52 Å². The van der Waals surface area contributed by atoms with Crippen molar-refractivity contribution in [3.8, 4) is 11.4 Å². The molecule has 4 rings (SSSR count). The van der Waals surface area contributed by atoms with Crippen LogP contribution in [0.5, 0.6) is 0 Å². The number of nitrogens with zero attached hydrogens (tertiary/aromatic N) is 2. The number of hydrogen-bond acceptors (Lipinski definition) is 4. The second kappa shape index (κ2) is 4.97. The summed E-state index contributed by atoms with van der Waals surface area (Å²) < 4.78 is 5.48. The van der Waals surface area contributed by atoms with Crippen molar-refractivity contribution in [2.24, 2.45) is 5.92 Å². The lowest BCUT2D eigenvalue weighted by atomic mass is 9.98. The van der Waals surface area contributed by atoms with E-state index in [1.807, 2.05) is 18.2 Å². The second-order valence-corrected chi connectivity index (χ2v) is 5.76. The van der Waals surface area contributed by atoms with Crippen molar-refractivity contribution in [2.45, 2.75) is 12.8 Å². The third kappa shape index (κ3) is 2.21. The van der Waals surface area contributed by atoms with E-state index in [0.717, 1.165) is 24.5 Å². The van der Waals surface area contributed by atoms with Crippen LogP contribution in [0.3, 0.4) is 0 Å². The minimum Gasteiger partial charge on any atom is -0.339 e. The van der Waals surface area contributed by atoms with Gasteiger partial charge in [0, 0.05) is 12.1 Å². The Bertz CT molecular complexity index is 780. The van der Waals surface area contributed by atoms with Crippen molar-refractivity contribution in [1.82, 2.24) is 15.5 Å². The molecule has 1 saturated heterocycles. The lowest BCUT2D eigenvalue weighted by Gasteiger charge is -2.07. The Hall–Kier alpha value is -2.20. The zero-order valence-corrected chi connectivity index (χ0v) is 11.9. The van der Waals surface area contributed by atoms with Gasteiger partial charge in [0.25, 0.3) is 0 Å². The van der Waals surface area contributed by atoms with Crippen LogP contribution in [0.2, 0.25) is 0 Å². The van der Waals surface area contributed by atoms with Crippen LogP contribution in [0, 0.1) is 5.92 Å². The summed E-state index contributed by atoms with van der Waals surface area (Å²) in [6.07, 6.45) is 0. The fraction of sp³-hybridized carbons (Fsp3) is 0.294. The molecule has 1 aliphatic heterocycles. The summed E-state index contributed by atoms with van der Waals surface area (Å²) in [7, 11) is 0. The number of aromatic nitrogens is 2. The molecule has 0 unspecified atom stereocenters. The zero-order valence-electron chi connectivity index (χ0n) is 11.9. The minimum atomic E-state index is 0.326. The Kier molecular flexibility index (Phi) is 2.97. The highest BCUT2D eigenvalue weighted by Crippen LogP contribution is 2.29. The van der Waals surface area contributed by atoms with Gasteiger partial charge < -0.3 is 9.84 Å². The maximum Gasteiger partial charge on any atom is 0.231 e. The molecule has 0 spiro atoms. The van der Waals surface area contributed by atoms with E-state index in [0.29, 0.717) is 17.7 Å². The van der Waals surface area contributed by atoms with Gasteiger partial charge in [0.05, 0.1) is 5.92 Å². The van der Waals surface area contributed by atoms with Gasteiger partial charge in [0.15, 0.2) is 0 Å². The standard InChI is InChI=1S/C17H17N3O/c1-11-9-18-10-15(11)17-19-16(20-21-17)14-7-6-12-4-2-3-5-13(12)8-14/h2-8,11,15,18H,9-10H2,1H3/t11-,15-/m1/s1. The predicted molar refractivity (Wildman–Crippen MR) is 82.0 cm³/mol. The molecule has 0 saturated carbocycles. The molecule has 1 aliphatic rings. The minimum absolute atomic E-state index is 0.326. The fourth-order valence-corrected chi connectivity index (χ4v) is 2.97. The third-order valence-electron chi connectivity index (χ3n) is 4.28.